The monoisotopic (exact) mass is 585 g/mol. The first kappa shape index (κ1) is 26.5. The Morgan fingerprint density at radius 3 is 2.33 bits per heavy atom. The van der Waals surface area contributed by atoms with Crippen LogP contribution in [0.2, 0.25) is 0 Å². The highest BCUT2D eigenvalue weighted by molar-refractivity contribution is 6.68. The van der Waals surface area contributed by atoms with Crippen molar-refractivity contribution in [3.63, 3.8) is 0 Å². The van der Waals surface area contributed by atoms with Gasteiger partial charge in [0.15, 0.2) is 23.0 Å². The van der Waals surface area contributed by atoms with Gasteiger partial charge in [0.1, 0.15) is 19.3 Å². The summed E-state index contributed by atoms with van der Waals surface area (Å²) in [6, 6.07) is 18.2. The molecule has 0 N–H and O–H groups in total. The number of aryl methyl sites for hydroxylation is 1. The van der Waals surface area contributed by atoms with Gasteiger partial charge in [0.2, 0.25) is 3.79 Å². The van der Waals surface area contributed by atoms with E-state index in [2.05, 4.69) is 47.4 Å². The molecule has 3 aromatic rings. The molecule has 3 aliphatic heterocycles. The minimum atomic E-state index is -1.62. The summed E-state index contributed by atoms with van der Waals surface area (Å²) in [5, 5.41) is 0. The van der Waals surface area contributed by atoms with Gasteiger partial charge in [-0.25, -0.2) is 0 Å². The highest BCUT2D eigenvalue weighted by Gasteiger charge is 2.48. The molecule has 6 rings (SSSR count). The molecule has 3 aliphatic rings. The van der Waals surface area contributed by atoms with E-state index in [-0.39, 0.29) is 0 Å². The van der Waals surface area contributed by atoms with Gasteiger partial charge in [-0.2, -0.15) is 0 Å². The number of hydrogen-bond donors (Lipinski definition) is 0. The normalized spacial score (nSPS) is 17.8. The number of hydrogen-bond acceptors (Lipinski definition) is 5. The van der Waals surface area contributed by atoms with E-state index in [1.807, 2.05) is 12.1 Å². The van der Waals surface area contributed by atoms with Crippen molar-refractivity contribution in [3.8, 4) is 23.0 Å². The molecule has 5 nitrogen and oxygen atoms in total. The Hall–Kier alpha value is -2.73. The lowest BCUT2D eigenvalue weighted by Crippen LogP contribution is -2.42. The van der Waals surface area contributed by atoms with Crippen molar-refractivity contribution in [2.45, 2.75) is 35.5 Å². The Balaban J connectivity index is 1.56. The fourth-order valence-electron chi connectivity index (χ4n) is 6.14. The van der Waals surface area contributed by atoms with Gasteiger partial charge < -0.3 is 23.8 Å². The van der Waals surface area contributed by atoms with Gasteiger partial charge >= 0.3 is 0 Å². The van der Waals surface area contributed by atoms with Crippen LogP contribution in [-0.2, 0) is 12.8 Å². The maximum atomic E-state index is 6.78. The van der Waals surface area contributed by atoms with Crippen molar-refractivity contribution in [3.05, 3.63) is 82.4 Å². The molecule has 0 spiro atoms. The zero-order chi connectivity index (χ0) is 27.1. The van der Waals surface area contributed by atoms with Crippen LogP contribution in [0.15, 0.2) is 54.6 Å². The molecule has 0 saturated carbocycles. The minimum Gasteiger partial charge on any atom is -0.493 e. The molecule has 0 amide bonds. The number of benzene rings is 3. The number of fused-ring (bicyclic) bond motifs is 5. The van der Waals surface area contributed by atoms with Crippen molar-refractivity contribution >= 4 is 46.1 Å². The summed E-state index contributed by atoms with van der Waals surface area (Å²) in [7, 11) is 3.26. The second-order valence-corrected chi connectivity index (χ2v) is 12.3. The fourth-order valence-corrected chi connectivity index (χ4v) is 6.82. The average molecular weight is 587 g/mol. The molecule has 204 valence electrons. The lowest BCUT2D eigenvalue weighted by atomic mass is 9.80. The fraction of sp³-hybridized carbons (Fsp3) is 0.355. The predicted molar refractivity (Wildman–Crippen MR) is 157 cm³/mol. The van der Waals surface area contributed by atoms with Gasteiger partial charge in [-0.05, 0) is 66.1 Å². The van der Waals surface area contributed by atoms with Crippen LogP contribution >= 0.6 is 34.8 Å². The zero-order valence-corrected chi connectivity index (χ0v) is 24.2. The summed E-state index contributed by atoms with van der Waals surface area (Å²) in [5.41, 5.74) is 7.76. The summed E-state index contributed by atoms with van der Waals surface area (Å²) in [6.45, 7) is 1.76. The predicted octanol–water partition coefficient (Wildman–Crippen LogP) is 7.65. The highest BCUT2D eigenvalue weighted by Crippen LogP contribution is 2.58. The molecule has 8 heteroatoms. The van der Waals surface area contributed by atoms with E-state index < -0.39 is 9.83 Å². The average Bonchev–Trinajstić information content (AvgIpc) is 2.94. The lowest BCUT2D eigenvalue weighted by molar-refractivity contribution is 0.171. The Morgan fingerprint density at radius 2 is 1.64 bits per heavy atom. The summed E-state index contributed by atoms with van der Waals surface area (Å²) in [5.74, 6) is 2.75. The first-order valence-electron chi connectivity index (χ1n) is 13.2. The number of ether oxygens (including phenoxy) is 4. The molecular formula is C31H30Cl3NO4. The van der Waals surface area contributed by atoms with Gasteiger partial charge in [0.05, 0.1) is 14.2 Å². The molecule has 1 unspecified atom stereocenters. The van der Waals surface area contributed by atoms with Crippen LogP contribution in [0.25, 0.3) is 11.3 Å². The molecule has 0 saturated heterocycles. The van der Waals surface area contributed by atoms with Gasteiger partial charge in [-0.15, -0.1) is 0 Å². The van der Waals surface area contributed by atoms with Crippen molar-refractivity contribution in [2.24, 2.45) is 0 Å². The minimum absolute atomic E-state index is 0.523. The lowest BCUT2D eigenvalue weighted by Gasteiger charge is -2.48. The molecule has 3 aromatic carbocycles. The number of nitrogens with zero attached hydrogens (tertiary/aromatic N) is 1. The van der Waals surface area contributed by atoms with E-state index in [4.69, 9.17) is 53.8 Å². The zero-order valence-electron chi connectivity index (χ0n) is 21.9. The maximum Gasteiger partial charge on any atom is 0.214 e. The van der Waals surface area contributed by atoms with Crippen LogP contribution in [0.3, 0.4) is 0 Å². The Bertz CT molecular complexity index is 1420. The van der Waals surface area contributed by atoms with E-state index >= 15 is 0 Å². The van der Waals surface area contributed by atoms with E-state index in [1.54, 1.807) is 14.2 Å². The molecule has 0 fully saturated rings. The quantitative estimate of drug-likeness (QED) is 0.278. The molecule has 0 aromatic heterocycles. The van der Waals surface area contributed by atoms with Crippen molar-refractivity contribution in [1.82, 2.24) is 4.90 Å². The third kappa shape index (κ3) is 4.79. The van der Waals surface area contributed by atoms with Crippen LogP contribution in [0.4, 0.5) is 0 Å². The molecular weight excluding hydrogens is 557 g/mol. The third-order valence-electron chi connectivity index (χ3n) is 7.76. The Labute approximate surface area is 244 Å². The number of methoxy groups -OCH3 is 2. The first-order valence-corrected chi connectivity index (χ1v) is 14.3. The number of halogens is 3. The SMILES string of the molecule is COc1ccc2c(c1OC)C(C(Cl)(Cl)Cl)N1CCc3cc4c(cc3C1=C2CCCc1ccccc1)OCCO4. The van der Waals surface area contributed by atoms with Crippen LogP contribution in [-0.4, -0.2) is 42.7 Å². The number of alkyl halides is 3. The molecule has 3 heterocycles. The summed E-state index contributed by atoms with van der Waals surface area (Å²) in [6.07, 6.45) is 3.54. The van der Waals surface area contributed by atoms with Crippen LogP contribution in [0.5, 0.6) is 23.0 Å². The third-order valence-corrected chi connectivity index (χ3v) is 8.38. The number of allylic oxidation sites excluding steroid dienone is 1. The van der Waals surface area contributed by atoms with Gasteiger partial charge in [-0.1, -0.05) is 71.2 Å². The summed E-state index contributed by atoms with van der Waals surface area (Å²) in [4.78, 5) is 2.24. The second-order valence-electron chi connectivity index (χ2n) is 9.97. The van der Waals surface area contributed by atoms with Gasteiger partial charge in [0, 0.05) is 23.4 Å². The van der Waals surface area contributed by atoms with Gasteiger partial charge in [-0.3, -0.25) is 0 Å². The highest BCUT2D eigenvalue weighted by atomic mass is 35.6. The standard InChI is InChI=1S/C31H30Cl3NO4/c1-36-24-12-11-21-22(10-6-9-19-7-4-3-5-8-19)28-23-18-26-25(38-15-16-39-26)17-20(23)13-14-35(28)30(31(32,33)34)27(21)29(24)37-2/h3-5,7-8,11-12,17-18,30H,6,9-10,13-16H2,1-2H3. The van der Waals surface area contributed by atoms with E-state index in [0.717, 1.165) is 59.6 Å². The largest absolute Gasteiger partial charge is 0.493 e. The Morgan fingerprint density at radius 1 is 0.897 bits per heavy atom. The van der Waals surface area contributed by atoms with Crippen LogP contribution in [0.1, 0.15) is 46.7 Å². The number of rotatable bonds is 6. The second kappa shape index (κ2) is 10.7. The summed E-state index contributed by atoms with van der Waals surface area (Å²) < 4.78 is 21.9. The Kier molecular flexibility index (Phi) is 7.26. The summed E-state index contributed by atoms with van der Waals surface area (Å²) >= 11 is 20.4. The van der Waals surface area contributed by atoms with Crippen LogP contribution < -0.4 is 18.9 Å². The van der Waals surface area contributed by atoms with Crippen molar-refractivity contribution in [1.29, 1.82) is 0 Å². The molecule has 0 radical (unpaired) electrons. The molecule has 1 atom stereocenters. The maximum absolute atomic E-state index is 6.78. The van der Waals surface area contributed by atoms with E-state index in [1.165, 1.54) is 16.7 Å². The molecule has 0 bridgehead atoms. The van der Waals surface area contributed by atoms with Gasteiger partial charge in [0.25, 0.3) is 0 Å². The topological polar surface area (TPSA) is 40.2 Å². The van der Waals surface area contributed by atoms with Crippen LogP contribution in [0, 0.1) is 0 Å². The van der Waals surface area contributed by atoms with E-state index in [9.17, 15) is 0 Å². The van der Waals surface area contributed by atoms with Crippen molar-refractivity contribution < 1.29 is 18.9 Å². The smallest absolute Gasteiger partial charge is 0.214 e. The van der Waals surface area contributed by atoms with Crippen molar-refractivity contribution in [2.75, 3.05) is 34.0 Å². The molecule has 39 heavy (non-hydrogen) atoms. The first-order chi connectivity index (χ1) is 18.9. The van der Waals surface area contributed by atoms with E-state index in [0.29, 0.717) is 31.3 Å². The molecule has 0 aliphatic carbocycles.